The fourth-order valence-electron chi connectivity index (χ4n) is 2.76. The molecule has 2 rings (SSSR count). The molecule has 1 aliphatic heterocycles. The van der Waals surface area contributed by atoms with Gasteiger partial charge in [0.05, 0.1) is 5.69 Å². The number of carbonyl (C=O) groups excluding carboxylic acids is 1. The van der Waals surface area contributed by atoms with Crippen molar-refractivity contribution in [1.29, 1.82) is 0 Å². The van der Waals surface area contributed by atoms with Gasteiger partial charge in [-0.05, 0) is 38.8 Å². The fraction of sp³-hybridized carbons (Fsp3) is 0.733. The highest BCUT2D eigenvalue weighted by molar-refractivity contribution is 5.92. The maximum absolute atomic E-state index is 12.6. The lowest BCUT2D eigenvalue weighted by Gasteiger charge is -2.29. The van der Waals surface area contributed by atoms with Crippen molar-refractivity contribution in [2.45, 2.75) is 45.6 Å². The first-order chi connectivity index (χ1) is 9.65. The van der Waals surface area contributed by atoms with E-state index in [1.165, 1.54) is 12.8 Å². The van der Waals surface area contributed by atoms with Gasteiger partial charge in [0.1, 0.15) is 5.69 Å². The Morgan fingerprint density at radius 3 is 2.85 bits per heavy atom. The fourth-order valence-corrected chi connectivity index (χ4v) is 2.76. The Labute approximate surface area is 121 Å². The molecule has 2 heterocycles. The van der Waals surface area contributed by atoms with E-state index in [1.807, 2.05) is 24.9 Å². The maximum Gasteiger partial charge on any atom is 0.272 e. The Morgan fingerprint density at radius 2 is 2.30 bits per heavy atom. The number of hydrogen-bond donors (Lipinski definition) is 1. The molecular weight excluding hydrogens is 252 g/mol. The predicted octanol–water partition coefficient (Wildman–Crippen LogP) is 1.59. The second kappa shape index (κ2) is 6.88. The molecule has 0 bridgehead atoms. The van der Waals surface area contributed by atoms with Crippen LogP contribution >= 0.6 is 0 Å². The van der Waals surface area contributed by atoms with Gasteiger partial charge in [0.2, 0.25) is 0 Å². The highest BCUT2D eigenvalue weighted by Crippen LogP contribution is 2.12. The molecule has 5 nitrogen and oxygen atoms in total. The van der Waals surface area contributed by atoms with E-state index in [4.69, 9.17) is 0 Å². The third-order valence-electron chi connectivity index (χ3n) is 4.03. The largest absolute Gasteiger partial charge is 0.336 e. The van der Waals surface area contributed by atoms with Crippen LogP contribution < -0.4 is 5.32 Å². The van der Waals surface area contributed by atoms with Gasteiger partial charge in [-0.15, -0.1) is 0 Å². The van der Waals surface area contributed by atoms with Crippen molar-refractivity contribution in [2.75, 3.05) is 19.6 Å². The van der Waals surface area contributed by atoms with E-state index in [9.17, 15) is 4.79 Å². The number of amides is 1. The second-order valence-electron chi connectivity index (χ2n) is 5.49. The molecule has 112 valence electrons. The van der Waals surface area contributed by atoms with Gasteiger partial charge in [0.25, 0.3) is 5.91 Å². The number of hydrogen-bond acceptors (Lipinski definition) is 3. The Balaban J connectivity index is 2.05. The highest BCUT2D eigenvalue weighted by atomic mass is 16.2. The number of nitrogens with zero attached hydrogens (tertiary/aromatic N) is 3. The molecule has 1 saturated heterocycles. The minimum Gasteiger partial charge on any atom is -0.336 e. The average molecular weight is 278 g/mol. The summed E-state index contributed by atoms with van der Waals surface area (Å²) in [5.41, 5.74) is 1.67. The van der Waals surface area contributed by atoms with Gasteiger partial charge in [-0.25, -0.2) is 0 Å². The first-order valence-corrected chi connectivity index (χ1v) is 7.71. The van der Waals surface area contributed by atoms with Crippen LogP contribution in [0.1, 0.15) is 49.3 Å². The summed E-state index contributed by atoms with van der Waals surface area (Å²) < 4.78 is 1.71. The topological polar surface area (TPSA) is 50.2 Å². The zero-order valence-corrected chi connectivity index (χ0v) is 12.9. The van der Waals surface area contributed by atoms with E-state index >= 15 is 0 Å². The van der Waals surface area contributed by atoms with Crippen LogP contribution in [-0.2, 0) is 13.5 Å². The maximum atomic E-state index is 12.6. The SMILES string of the molecule is CCc1cc(C(=O)N(CC)CC2CCCCN2)n(C)n1. The van der Waals surface area contributed by atoms with Crippen molar-refractivity contribution in [2.24, 2.45) is 7.05 Å². The van der Waals surface area contributed by atoms with Crippen molar-refractivity contribution < 1.29 is 4.79 Å². The summed E-state index contributed by atoms with van der Waals surface area (Å²) in [6, 6.07) is 2.35. The van der Waals surface area contributed by atoms with E-state index in [2.05, 4.69) is 17.3 Å². The molecule has 1 aliphatic rings. The third-order valence-corrected chi connectivity index (χ3v) is 4.03. The van der Waals surface area contributed by atoms with Crippen LogP contribution in [0.3, 0.4) is 0 Å². The Morgan fingerprint density at radius 1 is 1.50 bits per heavy atom. The van der Waals surface area contributed by atoms with Crippen molar-refractivity contribution in [3.05, 3.63) is 17.5 Å². The summed E-state index contributed by atoms with van der Waals surface area (Å²) in [7, 11) is 1.85. The Hall–Kier alpha value is -1.36. The predicted molar refractivity (Wildman–Crippen MR) is 79.8 cm³/mol. The minimum atomic E-state index is 0.0922. The van der Waals surface area contributed by atoms with Crippen LogP contribution in [0, 0.1) is 0 Å². The Bertz CT molecular complexity index is 449. The molecule has 0 radical (unpaired) electrons. The van der Waals surface area contributed by atoms with E-state index in [0.717, 1.165) is 38.2 Å². The zero-order chi connectivity index (χ0) is 14.5. The molecule has 1 unspecified atom stereocenters. The number of nitrogens with one attached hydrogen (secondary N) is 1. The van der Waals surface area contributed by atoms with Crippen LogP contribution in [0.2, 0.25) is 0 Å². The van der Waals surface area contributed by atoms with Crippen LogP contribution in [0.25, 0.3) is 0 Å². The summed E-state index contributed by atoms with van der Waals surface area (Å²) in [5.74, 6) is 0.0922. The summed E-state index contributed by atoms with van der Waals surface area (Å²) in [6.45, 7) is 6.70. The normalized spacial score (nSPS) is 19.1. The first kappa shape index (κ1) is 15.0. The number of rotatable bonds is 5. The zero-order valence-electron chi connectivity index (χ0n) is 12.9. The molecule has 1 amide bonds. The lowest BCUT2D eigenvalue weighted by Crippen LogP contribution is -2.46. The molecule has 1 fully saturated rings. The van der Waals surface area contributed by atoms with Crippen LogP contribution in [0.4, 0.5) is 0 Å². The molecule has 0 aromatic carbocycles. The molecule has 1 N–H and O–H groups in total. The van der Waals surface area contributed by atoms with Crippen molar-refractivity contribution in [1.82, 2.24) is 20.0 Å². The summed E-state index contributed by atoms with van der Waals surface area (Å²) in [5, 5.41) is 7.87. The average Bonchev–Trinajstić information content (AvgIpc) is 2.86. The molecule has 1 aromatic rings. The van der Waals surface area contributed by atoms with E-state index in [0.29, 0.717) is 11.7 Å². The number of piperidine rings is 1. The van der Waals surface area contributed by atoms with Gasteiger partial charge in [-0.1, -0.05) is 13.3 Å². The van der Waals surface area contributed by atoms with Crippen molar-refractivity contribution in [3.8, 4) is 0 Å². The van der Waals surface area contributed by atoms with Gasteiger partial charge in [0, 0.05) is 26.2 Å². The monoisotopic (exact) mass is 278 g/mol. The third kappa shape index (κ3) is 3.39. The van der Waals surface area contributed by atoms with Crippen LogP contribution in [-0.4, -0.2) is 46.3 Å². The molecule has 20 heavy (non-hydrogen) atoms. The second-order valence-corrected chi connectivity index (χ2v) is 5.49. The van der Waals surface area contributed by atoms with Gasteiger partial charge < -0.3 is 10.2 Å². The standard InChI is InChI=1S/C15H26N4O/c1-4-12-10-14(18(3)17-12)15(20)19(5-2)11-13-8-6-7-9-16-13/h10,13,16H,4-9,11H2,1-3H3. The summed E-state index contributed by atoms with van der Waals surface area (Å²) in [4.78, 5) is 14.6. The number of carbonyl (C=O) groups is 1. The lowest BCUT2D eigenvalue weighted by atomic mass is 10.0. The lowest BCUT2D eigenvalue weighted by molar-refractivity contribution is 0.0730. The number of aryl methyl sites for hydroxylation is 2. The van der Waals surface area contributed by atoms with Gasteiger partial charge >= 0.3 is 0 Å². The molecule has 1 aromatic heterocycles. The first-order valence-electron chi connectivity index (χ1n) is 7.71. The molecule has 0 saturated carbocycles. The summed E-state index contributed by atoms with van der Waals surface area (Å²) in [6.07, 6.45) is 4.53. The van der Waals surface area contributed by atoms with Crippen molar-refractivity contribution >= 4 is 5.91 Å². The van der Waals surface area contributed by atoms with Crippen LogP contribution in [0.5, 0.6) is 0 Å². The smallest absolute Gasteiger partial charge is 0.272 e. The number of aromatic nitrogens is 2. The van der Waals surface area contributed by atoms with Crippen LogP contribution in [0.15, 0.2) is 6.07 Å². The minimum absolute atomic E-state index is 0.0922. The molecule has 0 spiro atoms. The van der Waals surface area contributed by atoms with Gasteiger partial charge in [-0.2, -0.15) is 5.10 Å². The van der Waals surface area contributed by atoms with E-state index in [-0.39, 0.29) is 5.91 Å². The molecule has 0 aliphatic carbocycles. The Kier molecular flexibility index (Phi) is 5.17. The number of likely N-dealkylation sites (N-methyl/N-ethyl adjacent to an activating group) is 1. The van der Waals surface area contributed by atoms with Gasteiger partial charge in [0.15, 0.2) is 0 Å². The van der Waals surface area contributed by atoms with Gasteiger partial charge in [-0.3, -0.25) is 9.48 Å². The molecular formula is C15H26N4O. The summed E-state index contributed by atoms with van der Waals surface area (Å²) >= 11 is 0. The molecule has 1 atom stereocenters. The van der Waals surface area contributed by atoms with Crippen molar-refractivity contribution in [3.63, 3.8) is 0 Å². The highest BCUT2D eigenvalue weighted by Gasteiger charge is 2.22. The van der Waals surface area contributed by atoms with E-state index in [1.54, 1.807) is 4.68 Å². The quantitative estimate of drug-likeness (QED) is 0.890. The molecule has 5 heteroatoms. The van der Waals surface area contributed by atoms with E-state index < -0.39 is 0 Å².